The highest BCUT2D eigenvalue weighted by Crippen LogP contribution is 2.26. The fourth-order valence-corrected chi connectivity index (χ4v) is 2.62. The van der Waals surface area contributed by atoms with Gasteiger partial charge >= 0.3 is 0 Å². The Morgan fingerprint density at radius 3 is 2.65 bits per heavy atom. The highest BCUT2D eigenvalue weighted by molar-refractivity contribution is 7.15. The molecule has 0 atom stereocenters. The minimum Gasteiger partial charge on any atom is -0.383 e. The topological polar surface area (TPSA) is 51.4 Å². The largest absolute Gasteiger partial charge is 0.383 e. The summed E-state index contributed by atoms with van der Waals surface area (Å²) < 4.78 is 5.15. The van der Waals surface area contributed by atoms with Gasteiger partial charge in [-0.2, -0.15) is 0 Å². The van der Waals surface area contributed by atoms with Crippen LogP contribution in [0.1, 0.15) is 24.4 Å². The molecular weight excluding hydrogens is 234 g/mol. The molecule has 0 amide bonds. The summed E-state index contributed by atoms with van der Waals surface area (Å²) in [5.74, 6) is 0.609. The van der Waals surface area contributed by atoms with Crippen LogP contribution in [0.4, 0.5) is 5.13 Å². The number of rotatable bonds is 7. The quantitative estimate of drug-likeness (QED) is 0.812. The van der Waals surface area contributed by atoms with Crippen LogP contribution in [0.25, 0.3) is 0 Å². The van der Waals surface area contributed by atoms with Crippen LogP contribution in [0.15, 0.2) is 0 Å². The lowest BCUT2D eigenvalue weighted by Crippen LogP contribution is -2.30. The molecule has 1 aromatic heterocycles. The van der Waals surface area contributed by atoms with Crippen molar-refractivity contribution in [2.75, 3.05) is 31.7 Å². The van der Waals surface area contributed by atoms with E-state index in [0.29, 0.717) is 12.5 Å². The van der Waals surface area contributed by atoms with Crippen molar-refractivity contribution in [3.8, 4) is 0 Å². The Labute approximate surface area is 108 Å². The van der Waals surface area contributed by atoms with Crippen molar-refractivity contribution < 1.29 is 4.74 Å². The molecule has 5 heteroatoms. The molecule has 0 aromatic carbocycles. The summed E-state index contributed by atoms with van der Waals surface area (Å²) in [5.41, 5.74) is 6.75. The first-order valence-electron chi connectivity index (χ1n) is 5.98. The number of aryl methyl sites for hydroxylation is 1. The molecule has 0 aliphatic carbocycles. The first-order valence-corrected chi connectivity index (χ1v) is 6.80. The summed E-state index contributed by atoms with van der Waals surface area (Å²) in [6.45, 7) is 9.62. The Bertz CT molecular complexity index is 338. The van der Waals surface area contributed by atoms with Gasteiger partial charge in [-0.05, 0) is 12.8 Å². The van der Waals surface area contributed by atoms with E-state index in [0.717, 1.165) is 30.5 Å². The van der Waals surface area contributed by atoms with E-state index in [2.05, 4.69) is 23.7 Å². The normalized spacial score (nSPS) is 11.2. The fourth-order valence-electron chi connectivity index (χ4n) is 1.64. The van der Waals surface area contributed by atoms with Crippen molar-refractivity contribution >= 4 is 16.5 Å². The lowest BCUT2D eigenvalue weighted by molar-refractivity contribution is 0.204. The van der Waals surface area contributed by atoms with E-state index in [1.807, 2.05) is 6.92 Å². The maximum Gasteiger partial charge on any atom is 0.185 e. The predicted molar refractivity (Wildman–Crippen MR) is 73.7 cm³/mol. The van der Waals surface area contributed by atoms with Gasteiger partial charge in [-0.1, -0.05) is 13.8 Å². The number of anilines is 1. The zero-order valence-corrected chi connectivity index (χ0v) is 12.0. The fraction of sp³-hybridized carbons (Fsp3) is 0.750. The van der Waals surface area contributed by atoms with Gasteiger partial charge in [0, 0.05) is 31.6 Å². The molecule has 0 spiro atoms. The van der Waals surface area contributed by atoms with E-state index >= 15 is 0 Å². The first-order chi connectivity index (χ1) is 8.08. The number of hydrogen-bond donors (Lipinski definition) is 1. The second-order valence-corrected chi connectivity index (χ2v) is 5.60. The van der Waals surface area contributed by atoms with Crippen LogP contribution >= 0.6 is 11.3 Å². The first kappa shape index (κ1) is 14.4. The van der Waals surface area contributed by atoms with Gasteiger partial charge in [0.1, 0.15) is 0 Å². The maximum absolute atomic E-state index is 5.69. The van der Waals surface area contributed by atoms with Crippen LogP contribution in [0.3, 0.4) is 0 Å². The van der Waals surface area contributed by atoms with Crippen molar-refractivity contribution in [1.29, 1.82) is 0 Å². The zero-order chi connectivity index (χ0) is 12.8. The van der Waals surface area contributed by atoms with Crippen LogP contribution < -0.4 is 10.6 Å². The molecular formula is C12H23N3OS. The number of thiazole rings is 1. The molecule has 0 aliphatic rings. The SMILES string of the molecule is COCCN(CC(C)C)c1nc(C)c(CN)s1. The Hall–Kier alpha value is -0.650. The number of methoxy groups -OCH3 is 1. The van der Waals surface area contributed by atoms with E-state index in [1.165, 1.54) is 4.88 Å². The third-order valence-electron chi connectivity index (χ3n) is 2.49. The number of nitrogens with two attached hydrogens (primary N) is 1. The van der Waals surface area contributed by atoms with Crippen LogP contribution in [0.2, 0.25) is 0 Å². The average Bonchev–Trinajstić information content (AvgIpc) is 2.65. The molecule has 0 bridgehead atoms. The summed E-state index contributed by atoms with van der Waals surface area (Å²) in [5, 5.41) is 1.06. The predicted octanol–water partition coefficient (Wildman–Crippen LogP) is 2.02. The number of hydrogen-bond acceptors (Lipinski definition) is 5. The monoisotopic (exact) mass is 257 g/mol. The van der Waals surface area contributed by atoms with Gasteiger partial charge in [0.2, 0.25) is 0 Å². The Morgan fingerprint density at radius 1 is 1.47 bits per heavy atom. The maximum atomic E-state index is 5.69. The Kier molecular flexibility index (Phi) is 5.88. The van der Waals surface area contributed by atoms with Crippen molar-refractivity contribution in [3.63, 3.8) is 0 Å². The number of aromatic nitrogens is 1. The molecule has 4 nitrogen and oxygen atoms in total. The lowest BCUT2D eigenvalue weighted by Gasteiger charge is -2.23. The Balaban J connectivity index is 2.79. The summed E-state index contributed by atoms with van der Waals surface area (Å²) in [7, 11) is 1.73. The van der Waals surface area contributed by atoms with Gasteiger partial charge in [-0.3, -0.25) is 0 Å². The standard InChI is InChI=1S/C12H23N3OS/c1-9(2)8-15(5-6-16-4)12-14-10(3)11(7-13)17-12/h9H,5-8,13H2,1-4H3. The molecule has 0 fully saturated rings. The molecule has 0 aliphatic heterocycles. The summed E-state index contributed by atoms with van der Waals surface area (Å²) in [6, 6.07) is 0. The van der Waals surface area contributed by atoms with Crippen LogP contribution in [-0.2, 0) is 11.3 Å². The van der Waals surface area contributed by atoms with Crippen molar-refractivity contribution in [2.45, 2.75) is 27.3 Å². The summed E-state index contributed by atoms with van der Waals surface area (Å²) >= 11 is 1.69. The molecule has 1 heterocycles. The van der Waals surface area contributed by atoms with Gasteiger partial charge in [0.15, 0.2) is 5.13 Å². The average molecular weight is 257 g/mol. The van der Waals surface area contributed by atoms with Crippen LogP contribution in [-0.4, -0.2) is 31.8 Å². The molecule has 1 aromatic rings. The van der Waals surface area contributed by atoms with E-state index in [-0.39, 0.29) is 0 Å². The molecule has 0 saturated heterocycles. The highest BCUT2D eigenvalue weighted by Gasteiger charge is 2.14. The minimum absolute atomic E-state index is 0.573. The molecule has 0 unspecified atom stereocenters. The van der Waals surface area contributed by atoms with E-state index in [1.54, 1.807) is 18.4 Å². The van der Waals surface area contributed by atoms with E-state index in [4.69, 9.17) is 10.5 Å². The number of nitrogens with zero attached hydrogens (tertiary/aromatic N) is 2. The number of ether oxygens (including phenoxy) is 1. The summed E-state index contributed by atoms with van der Waals surface area (Å²) in [6.07, 6.45) is 0. The third-order valence-corrected chi connectivity index (χ3v) is 3.73. The van der Waals surface area contributed by atoms with Crippen molar-refractivity contribution in [3.05, 3.63) is 10.6 Å². The van der Waals surface area contributed by atoms with Gasteiger partial charge in [0.05, 0.1) is 12.3 Å². The second kappa shape index (κ2) is 6.93. The lowest BCUT2D eigenvalue weighted by atomic mass is 10.2. The minimum atomic E-state index is 0.573. The van der Waals surface area contributed by atoms with Crippen molar-refractivity contribution in [2.24, 2.45) is 11.7 Å². The van der Waals surface area contributed by atoms with Crippen LogP contribution in [0, 0.1) is 12.8 Å². The molecule has 98 valence electrons. The van der Waals surface area contributed by atoms with Gasteiger partial charge in [0.25, 0.3) is 0 Å². The molecule has 1 rings (SSSR count). The zero-order valence-electron chi connectivity index (χ0n) is 11.2. The molecule has 17 heavy (non-hydrogen) atoms. The second-order valence-electron chi connectivity index (χ2n) is 4.54. The molecule has 0 saturated carbocycles. The molecule has 0 radical (unpaired) electrons. The van der Waals surface area contributed by atoms with Crippen LogP contribution in [0.5, 0.6) is 0 Å². The third kappa shape index (κ3) is 4.26. The van der Waals surface area contributed by atoms with E-state index < -0.39 is 0 Å². The highest BCUT2D eigenvalue weighted by atomic mass is 32.1. The van der Waals surface area contributed by atoms with Gasteiger partial charge in [-0.15, -0.1) is 11.3 Å². The van der Waals surface area contributed by atoms with Crippen molar-refractivity contribution in [1.82, 2.24) is 4.98 Å². The van der Waals surface area contributed by atoms with Gasteiger partial charge in [-0.25, -0.2) is 4.98 Å². The van der Waals surface area contributed by atoms with E-state index in [9.17, 15) is 0 Å². The smallest absolute Gasteiger partial charge is 0.185 e. The molecule has 2 N–H and O–H groups in total. The summed E-state index contributed by atoms with van der Waals surface area (Å²) in [4.78, 5) is 8.05. The Morgan fingerprint density at radius 2 is 2.18 bits per heavy atom. The van der Waals surface area contributed by atoms with Gasteiger partial charge < -0.3 is 15.4 Å².